The molecule has 0 heterocycles. The van der Waals surface area contributed by atoms with E-state index in [4.69, 9.17) is 0 Å². The summed E-state index contributed by atoms with van der Waals surface area (Å²) in [7, 11) is -4.05. The van der Waals surface area contributed by atoms with Gasteiger partial charge in [0.2, 0.25) is 0 Å². The number of hydrogen-bond donors (Lipinski definition) is 1. The second-order valence-corrected chi connectivity index (χ2v) is 7.27. The Morgan fingerprint density at radius 3 is 2.00 bits per heavy atom. The van der Waals surface area contributed by atoms with Gasteiger partial charge in [-0.2, -0.15) is 8.78 Å². The lowest BCUT2D eigenvalue weighted by Gasteiger charge is -2.11. The van der Waals surface area contributed by atoms with Gasteiger partial charge in [0.25, 0.3) is 15.8 Å². The summed E-state index contributed by atoms with van der Waals surface area (Å²) in [5.74, 6) is -3.15. The van der Waals surface area contributed by atoms with Gasteiger partial charge in [-0.1, -0.05) is 11.8 Å². The van der Waals surface area contributed by atoms with Crippen molar-refractivity contribution < 1.29 is 35.1 Å². The van der Waals surface area contributed by atoms with Crippen LogP contribution in [0.4, 0.5) is 27.6 Å². The molecular weight excluding hydrogens is 389 g/mol. The summed E-state index contributed by atoms with van der Waals surface area (Å²) in [6.07, 6.45) is -4.88. The monoisotopic (exact) mass is 399 g/mol. The van der Waals surface area contributed by atoms with Crippen molar-refractivity contribution in [2.75, 3.05) is 4.72 Å². The molecule has 1 N–H and O–H groups in total. The van der Waals surface area contributed by atoms with Gasteiger partial charge in [-0.15, -0.1) is 13.2 Å². The van der Waals surface area contributed by atoms with Crippen LogP contribution in [-0.4, -0.2) is 20.5 Å². The Morgan fingerprint density at radius 1 is 0.960 bits per heavy atom. The van der Waals surface area contributed by atoms with Crippen molar-refractivity contribution in [3.05, 3.63) is 48.5 Å². The van der Waals surface area contributed by atoms with Gasteiger partial charge in [0, 0.05) is 10.6 Å². The number of benzene rings is 2. The molecule has 0 radical (unpaired) electrons. The number of rotatable bonds is 6. The van der Waals surface area contributed by atoms with Crippen LogP contribution in [-0.2, 0) is 10.0 Å². The lowest BCUT2D eigenvalue weighted by molar-refractivity contribution is -0.274. The number of alkyl halides is 5. The van der Waals surface area contributed by atoms with Crippen LogP contribution >= 0.6 is 11.8 Å². The van der Waals surface area contributed by atoms with Crippen LogP contribution in [0.15, 0.2) is 58.3 Å². The first-order valence-corrected chi connectivity index (χ1v) is 8.85. The third kappa shape index (κ3) is 6.09. The molecule has 0 aromatic heterocycles. The van der Waals surface area contributed by atoms with Crippen LogP contribution < -0.4 is 9.46 Å². The molecule has 2 aromatic carbocycles. The number of thioether (sulfide) groups is 1. The van der Waals surface area contributed by atoms with Gasteiger partial charge < -0.3 is 4.74 Å². The van der Waals surface area contributed by atoms with Gasteiger partial charge >= 0.3 is 6.36 Å². The summed E-state index contributed by atoms with van der Waals surface area (Å²) in [5, 5.41) is 0. The van der Waals surface area contributed by atoms with Gasteiger partial charge in [0.1, 0.15) is 5.75 Å². The molecule has 2 rings (SSSR count). The number of halogens is 5. The molecule has 0 unspecified atom stereocenters. The van der Waals surface area contributed by atoms with Gasteiger partial charge in [-0.05, 0) is 48.5 Å². The molecule has 11 heteroatoms. The Hall–Kier alpha value is -2.01. The number of anilines is 1. The van der Waals surface area contributed by atoms with Crippen molar-refractivity contribution >= 4 is 27.5 Å². The number of nitrogens with one attached hydrogen (secondary N) is 1. The molecule has 0 aliphatic rings. The lowest BCUT2D eigenvalue weighted by Crippen LogP contribution is -2.17. The maximum atomic E-state index is 12.2. The Bertz CT molecular complexity index is 806. The molecule has 4 nitrogen and oxygen atoms in total. The predicted molar refractivity (Wildman–Crippen MR) is 82.2 cm³/mol. The molecule has 0 bridgehead atoms. The second-order valence-electron chi connectivity index (χ2n) is 4.53. The first-order valence-electron chi connectivity index (χ1n) is 6.49. The molecular formula is C14H10F5NO3S2. The summed E-state index contributed by atoms with van der Waals surface area (Å²) in [6.45, 7) is 0. The van der Waals surface area contributed by atoms with Crippen molar-refractivity contribution in [3.8, 4) is 5.75 Å². The Balaban J connectivity index is 2.10. The van der Waals surface area contributed by atoms with Crippen molar-refractivity contribution in [1.29, 1.82) is 0 Å². The van der Waals surface area contributed by atoms with Gasteiger partial charge in [0.15, 0.2) is 0 Å². The molecule has 2 aromatic rings. The van der Waals surface area contributed by atoms with Gasteiger partial charge in [-0.25, -0.2) is 8.42 Å². The highest BCUT2D eigenvalue weighted by molar-refractivity contribution is 7.99. The van der Waals surface area contributed by atoms with Gasteiger partial charge in [0.05, 0.1) is 4.90 Å². The van der Waals surface area contributed by atoms with E-state index in [1.54, 1.807) is 0 Å². The fourth-order valence-corrected chi connectivity index (χ4v) is 3.30. The standard InChI is InChI=1S/C14H10F5NO3S2/c15-13(16)24-11-5-1-9(2-6-11)20-25(21,22)12-7-3-10(4-8-12)23-14(17,18)19/h1-8,13,20H. The molecule has 0 amide bonds. The SMILES string of the molecule is O=S(=O)(Nc1ccc(SC(F)F)cc1)c1ccc(OC(F)(F)F)cc1. The fraction of sp³-hybridized carbons (Fsp3) is 0.143. The van der Waals surface area contributed by atoms with E-state index >= 15 is 0 Å². The van der Waals surface area contributed by atoms with Crippen molar-refractivity contribution in [2.24, 2.45) is 0 Å². The highest BCUT2D eigenvalue weighted by atomic mass is 32.2. The molecule has 0 fully saturated rings. The molecule has 136 valence electrons. The minimum absolute atomic E-state index is 0.120. The minimum Gasteiger partial charge on any atom is -0.406 e. The highest BCUT2D eigenvalue weighted by Gasteiger charge is 2.31. The van der Waals surface area contributed by atoms with E-state index < -0.39 is 27.9 Å². The highest BCUT2D eigenvalue weighted by Crippen LogP contribution is 2.27. The number of hydrogen-bond acceptors (Lipinski definition) is 4. The van der Waals surface area contributed by atoms with Crippen LogP contribution in [0.1, 0.15) is 0 Å². The van der Waals surface area contributed by atoms with Crippen LogP contribution in [0.25, 0.3) is 0 Å². The number of ether oxygens (including phenoxy) is 1. The molecule has 25 heavy (non-hydrogen) atoms. The largest absolute Gasteiger partial charge is 0.573 e. The third-order valence-electron chi connectivity index (χ3n) is 2.70. The van der Waals surface area contributed by atoms with Crippen LogP contribution in [0.2, 0.25) is 0 Å². The van der Waals surface area contributed by atoms with E-state index in [0.717, 1.165) is 24.3 Å². The summed E-state index contributed by atoms with van der Waals surface area (Å²) in [5.41, 5.74) is 0.120. The van der Waals surface area contributed by atoms with Crippen LogP contribution in [0.3, 0.4) is 0 Å². The average Bonchev–Trinajstić information content (AvgIpc) is 2.47. The molecule has 0 aliphatic carbocycles. The van der Waals surface area contributed by atoms with Crippen molar-refractivity contribution in [2.45, 2.75) is 21.9 Å². The van der Waals surface area contributed by atoms with Crippen LogP contribution in [0, 0.1) is 0 Å². The first kappa shape index (κ1) is 19.3. The summed E-state index contributed by atoms with van der Waals surface area (Å²) < 4.78 is 90.8. The van der Waals surface area contributed by atoms with E-state index in [9.17, 15) is 30.4 Å². The van der Waals surface area contributed by atoms with E-state index in [1.165, 1.54) is 24.3 Å². The first-order chi connectivity index (χ1) is 11.5. The van der Waals surface area contributed by atoms with Crippen LogP contribution in [0.5, 0.6) is 5.75 Å². The quantitative estimate of drug-likeness (QED) is 0.565. The maximum Gasteiger partial charge on any atom is 0.573 e. The van der Waals surface area contributed by atoms with Crippen molar-refractivity contribution in [3.63, 3.8) is 0 Å². The Morgan fingerprint density at radius 2 is 1.52 bits per heavy atom. The molecule has 0 saturated heterocycles. The minimum atomic E-state index is -4.88. The normalized spacial score (nSPS) is 12.2. The van der Waals surface area contributed by atoms with E-state index in [0.29, 0.717) is 11.8 Å². The second kappa shape index (κ2) is 7.48. The zero-order valence-electron chi connectivity index (χ0n) is 12.1. The maximum absolute atomic E-state index is 12.2. The summed E-state index contributed by atoms with van der Waals surface area (Å²) >= 11 is 0.311. The molecule has 0 aliphatic heterocycles. The molecule has 0 atom stereocenters. The third-order valence-corrected chi connectivity index (χ3v) is 4.82. The Kier molecular flexibility index (Phi) is 5.78. The van der Waals surface area contributed by atoms with E-state index in [-0.39, 0.29) is 15.5 Å². The van der Waals surface area contributed by atoms with Crippen molar-refractivity contribution in [1.82, 2.24) is 0 Å². The van der Waals surface area contributed by atoms with E-state index in [2.05, 4.69) is 9.46 Å². The number of sulfonamides is 1. The molecule has 0 spiro atoms. The van der Waals surface area contributed by atoms with E-state index in [1.807, 2.05) is 0 Å². The topological polar surface area (TPSA) is 55.4 Å². The zero-order valence-corrected chi connectivity index (χ0v) is 13.8. The predicted octanol–water partition coefficient (Wildman–Crippen LogP) is 4.70. The zero-order chi connectivity index (χ0) is 18.7. The van der Waals surface area contributed by atoms with Gasteiger partial charge in [-0.3, -0.25) is 4.72 Å². The fourth-order valence-electron chi connectivity index (χ4n) is 1.74. The smallest absolute Gasteiger partial charge is 0.406 e. The Labute approximate surface area is 144 Å². The lowest BCUT2D eigenvalue weighted by atomic mass is 10.3. The summed E-state index contributed by atoms with van der Waals surface area (Å²) in [6, 6.07) is 8.85. The summed E-state index contributed by atoms with van der Waals surface area (Å²) in [4.78, 5) is -0.0281. The molecule has 0 saturated carbocycles. The average molecular weight is 399 g/mol.